The van der Waals surface area contributed by atoms with Crippen molar-refractivity contribution in [2.75, 3.05) is 32.8 Å². The average Bonchev–Trinajstić information content (AvgIpc) is 2.68. The van der Waals surface area contributed by atoms with Crippen LogP contribution in [0.1, 0.15) is 36.2 Å². The van der Waals surface area contributed by atoms with E-state index in [2.05, 4.69) is 36.5 Å². The van der Waals surface area contributed by atoms with Crippen LogP contribution < -0.4 is 10.1 Å². The van der Waals surface area contributed by atoms with Crippen molar-refractivity contribution in [3.8, 4) is 5.75 Å². The Labute approximate surface area is 157 Å². The van der Waals surface area contributed by atoms with Crippen molar-refractivity contribution in [3.05, 3.63) is 65.7 Å². The van der Waals surface area contributed by atoms with Gasteiger partial charge in [0.25, 0.3) is 5.91 Å². The van der Waals surface area contributed by atoms with Crippen molar-refractivity contribution in [2.45, 2.75) is 26.7 Å². The normalized spacial score (nSPS) is 10.5. The lowest BCUT2D eigenvalue weighted by Crippen LogP contribution is -2.37. The minimum Gasteiger partial charge on any atom is -0.494 e. The first-order chi connectivity index (χ1) is 12.7. The molecular formula is C22H30N2O2. The van der Waals surface area contributed by atoms with E-state index in [0.717, 1.165) is 38.2 Å². The van der Waals surface area contributed by atoms with Gasteiger partial charge in [0, 0.05) is 25.2 Å². The van der Waals surface area contributed by atoms with Crippen molar-refractivity contribution < 1.29 is 9.53 Å². The van der Waals surface area contributed by atoms with Gasteiger partial charge in [-0.15, -0.1) is 0 Å². The lowest BCUT2D eigenvalue weighted by molar-refractivity contribution is 0.0757. The first-order valence-electron chi connectivity index (χ1n) is 9.51. The van der Waals surface area contributed by atoms with E-state index in [9.17, 15) is 4.79 Å². The summed E-state index contributed by atoms with van der Waals surface area (Å²) in [6.45, 7) is 7.88. The summed E-state index contributed by atoms with van der Waals surface area (Å²) in [5, 5.41) is 3.44. The van der Waals surface area contributed by atoms with Crippen molar-refractivity contribution in [3.63, 3.8) is 0 Å². The molecule has 4 heteroatoms. The van der Waals surface area contributed by atoms with Crippen LogP contribution in [0.5, 0.6) is 5.75 Å². The van der Waals surface area contributed by atoms with Crippen LogP contribution in [0.25, 0.3) is 0 Å². The summed E-state index contributed by atoms with van der Waals surface area (Å²) < 4.78 is 5.44. The van der Waals surface area contributed by atoms with E-state index in [1.54, 1.807) is 0 Å². The molecule has 2 aromatic rings. The maximum absolute atomic E-state index is 12.7. The van der Waals surface area contributed by atoms with Gasteiger partial charge in [-0.05, 0) is 56.1 Å². The van der Waals surface area contributed by atoms with E-state index in [-0.39, 0.29) is 5.91 Å². The molecule has 0 saturated heterocycles. The van der Waals surface area contributed by atoms with E-state index in [0.29, 0.717) is 18.7 Å². The number of hydrogen-bond acceptors (Lipinski definition) is 3. The van der Waals surface area contributed by atoms with Gasteiger partial charge in [0.1, 0.15) is 5.75 Å². The monoisotopic (exact) mass is 354 g/mol. The maximum Gasteiger partial charge on any atom is 0.253 e. The molecule has 140 valence electrons. The smallest absolute Gasteiger partial charge is 0.253 e. The molecule has 0 bridgehead atoms. The molecule has 0 aliphatic carbocycles. The zero-order valence-corrected chi connectivity index (χ0v) is 15.9. The Morgan fingerprint density at radius 2 is 1.69 bits per heavy atom. The van der Waals surface area contributed by atoms with Crippen molar-refractivity contribution in [2.24, 2.45) is 0 Å². The quantitative estimate of drug-likeness (QED) is 0.625. The molecule has 2 rings (SSSR count). The average molecular weight is 354 g/mol. The summed E-state index contributed by atoms with van der Waals surface area (Å²) in [6, 6.07) is 17.9. The van der Waals surface area contributed by atoms with E-state index < -0.39 is 0 Å². The third-order valence-electron chi connectivity index (χ3n) is 4.18. The Morgan fingerprint density at radius 1 is 0.962 bits per heavy atom. The molecule has 0 fully saturated rings. The van der Waals surface area contributed by atoms with E-state index >= 15 is 0 Å². The van der Waals surface area contributed by atoms with Crippen molar-refractivity contribution >= 4 is 5.91 Å². The van der Waals surface area contributed by atoms with Gasteiger partial charge in [-0.25, -0.2) is 0 Å². The molecule has 26 heavy (non-hydrogen) atoms. The number of rotatable bonds is 11. The molecule has 4 nitrogen and oxygen atoms in total. The highest BCUT2D eigenvalue weighted by Crippen LogP contribution is 2.14. The maximum atomic E-state index is 12.7. The molecule has 0 spiro atoms. The summed E-state index contributed by atoms with van der Waals surface area (Å²) in [5.74, 6) is 0.883. The highest BCUT2D eigenvalue weighted by Gasteiger charge is 2.14. The van der Waals surface area contributed by atoms with Crippen LogP contribution >= 0.6 is 0 Å². The second-order valence-corrected chi connectivity index (χ2v) is 6.24. The van der Waals surface area contributed by atoms with Gasteiger partial charge in [0.05, 0.1) is 6.61 Å². The predicted octanol–water partition coefficient (Wildman–Crippen LogP) is 3.77. The van der Waals surface area contributed by atoms with Gasteiger partial charge in [-0.1, -0.05) is 37.3 Å². The fourth-order valence-electron chi connectivity index (χ4n) is 2.84. The van der Waals surface area contributed by atoms with Crippen molar-refractivity contribution in [1.29, 1.82) is 0 Å². The lowest BCUT2D eigenvalue weighted by atomic mass is 10.1. The molecule has 0 aliphatic rings. The van der Waals surface area contributed by atoms with Crippen LogP contribution in [-0.4, -0.2) is 43.6 Å². The molecule has 0 heterocycles. The summed E-state index contributed by atoms with van der Waals surface area (Å²) in [5.41, 5.74) is 2.04. The van der Waals surface area contributed by atoms with Gasteiger partial charge in [-0.3, -0.25) is 4.79 Å². The Balaban J connectivity index is 1.80. The minimum absolute atomic E-state index is 0.0831. The summed E-state index contributed by atoms with van der Waals surface area (Å²) in [6.07, 6.45) is 1.95. The highest BCUT2D eigenvalue weighted by atomic mass is 16.5. The van der Waals surface area contributed by atoms with E-state index in [1.807, 2.05) is 42.2 Å². The Kier molecular flexibility index (Phi) is 8.70. The standard InChI is InChI=1S/C22H30N2O2/c1-3-17-24(18-16-23-15-14-19-8-6-5-7-9-19)22(25)20-10-12-21(13-11-20)26-4-2/h5-13,23H,3-4,14-18H2,1-2H3. The molecular weight excluding hydrogens is 324 g/mol. The fraction of sp³-hybridized carbons (Fsp3) is 0.409. The predicted molar refractivity (Wildman–Crippen MR) is 107 cm³/mol. The summed E-state index contributed by atoms with van der Waals surface area (Å²) in [7, 11) is 0. The molecule has 0 atom stereocenters. The zero-order chi connectivity index (χ0) is 18.6. The molecule has 1 N–H and O–H groups in total. The fourth-order valence-corrected chi connectivity index (χ4v) is 2.84. The molecule has 0 aromatic heterocycles. The number of nitrogens with one attached hydrogen (secondary N) is 1. The van der Waals surface area contributed by atoms with Crippen molar-refractivity contribution in [1.82, 2.24) is 10.2 Å². The lowest BCUT2D eigenvalue weighted by Gasteiger charge is -2.22. The Morgan fingerprint density at radius 3 is 2.35 bits per heavy atom. The SMILES string of the molecule is CCCN(CCNCCc1ccccc1)C(=O)c1ccc(OCC)cc1. The van der Waals surface area contributed by atoms with Gasteiger partial charge >= 0.3 is 0 Å². The minimum atomic E-state index is 0.0831. The molecule has 1 amide bonds. The van der Waals surface area contributed by atoms with E-state index in [4.69, 9.17) is 4.74 Å². The number of amides is 1. The number of carbonyl (C=O) groups excluding carboxylic acids is 1. The summed E-state index contributed by atoms with van der Waals surface area (Å²) in [4.78, 5) is 14.7. The molecule has 2 aromatic carbocycles. The first kappa shape index (κ1) is 20.0. The third kappa shape index (κ3) is 6.52. The largest absolute Gasteiger partial charge is 0.494 e. The van der Waals surface area contributed by atoms with Gasteiger partial charge in [-0.2, -0.15) is 0 Å². The second kappa shape index (κ2) is 11.3. The number of nitrogens with zero attached hydrogens (tertiary/aromatic N) is 1. The third-order valence-corrected chi connectivity index (χ3v) is 4.18. The van der Waals surface area contributed by atoms with Crippen LogP contribution in [0, 0.1) is 0 Å². The van der Waals surface area contributed by atoms with Crippen LogP contribution in [0.4, 0.5) is 0 Å². The van der Waals surface area contributed by atoms with Crippen LogP contribution in [-0.2, 0) is 6.42 Å². The van der Waals surface area contributed by atoms with Crippen LogP contribution in [0.15, 0.2) is 54.6 Å². The number of carbonyl (C=O) groups is 1. The topological polar surface area (TPSA) is 41.6 Å². The Hall–Kier alpha value is -2.33. The van der Waals surface area contributed by atoms with Crippen LogP contribution in [0.2, 0.25) is 0 Å². The second-order valence-electron chi connectivity index (χ2n) is 6.24. The number of ether oxygens (including phenoxy) is 1. The van der Waals surface area contributed by atoms with Crippen LogP contribution in [0.3, 0.4) is 0 Å². The van der Waals surface area contributed by atoms with Gasteiger partial charge in [0.2, 0.25) is 0 Å². The summed E-state index contributed by atoms with van der Waals surface area (Å²) >= 11 is 0. The number of benzene rings is 2. The zero-order valence-electron chi connectivity index (χ0n) is 15.9. The molecule has 0 saturated carbocycles. The highest BCUT2D eigenvalue weighted by molar-refractivity contribution is 5.94. The van der Waals surface area contributed by atoms with E-state index in [1.165, 1.54) is 5.56 Å². The van der Waals surface area contributed by atoms with Gasteiger partial charge < -0.3 is 15.0 Å². The molecule has 0 radical (unpaired) electrons. The Bertz CT molecular complexity index is 641. The molecule has 0 aliphatic heterocycles. The first-order valence-corrected chi connectivity index (χ1v) is 9.51. The number of hydrogen-bond donors (Lipinski definition) is 1. The molecule has 0 unspecified atom stereocenters. The van der Waals surface area contributed by atoms with Gasteiger partial charge in [0.15, 0.2) is 0 Å².